The van der Waals surface area contributed by atoms with Crippen LogP contribution in [0.4, 0.5) is 0 Å². The topological polar surface area (TPSA) is 24.7 Å². The average Bonchev–Trinajstić information content (AvgIpc) is 1.69. The van der Waals surface area contributed by atoms with Gasteiger partial charge in [-0.25, -0.2) is 0 Å². The van der Waals surface area contributed by atoms with E-state index in [0.717, 1.165) is 0 Å². The van der Waals surface area contributed by atoms with Crippen molar-refractivity contribution in [1.29, 1.82) is 0 Å². The lowest BCUT2D eigenvalue weighted by atomic mass is 10.7. The van der Waals surface area contributed by atoms with Gasteiger partial charge in [0.05, 0.1) is 0 Å². The Bertz CT molecular complexity index is 92.3. The maximum atomic E-state index is 3.53. The number of azo groups is 1. The van der Waals surface area contributed by atoms with Crippen molar-refractivity contribution in [3.63, 3.8) is 0 Å². The third-order valence-corrected chi connectivity index (χ3v) is 0.364. The molecule has 0 aliphatic rings. The van der Waals surface area contributed by atoms with Gasteiger partial charge < -0.3 is 0 Å². The van der Waals surface area contributed by atoms with Crippen LogP contribution in [0.5, 0.6) is 0 Å². The molecule has 0 radical (unpaired) electrons. The molecule has 0 atom stereocenters. The quantitative estimate of drug-likeness (QED) is 0.470. The van der Waals surface area contributed by atoms with Crippen molar-refractivity contribution in [2.45, 2.75) is 6.92 Å². The Hall–Kier alpha value is -0.920. The molecular formula is C5H8N2. The van der Waals surface area contributed by atoms with Crippen LogP contribution in [0.1, 0.15) is 6.92 Å². The fraction of sp³-hybridized carbons (Fsp3) is 0.200. The highest BCUT2D eigenvalue weighted by Gasteiger charge is 1.52. The van der Waals surface area contributed by atoms with Crippen LogP contribution in [-0.2, 0) is 0 Å². The molecule has 0 spiro atoms. The van der Waals surface area contributed by atoms with E-state index in [1.54, 1.807) is 12.3 Å². The SMILES string of the molecule is C=CN=NC=CC. The molecule has 0 amide bonds. The van der Waals surface area contributed by atoms with Crippen LogP contribution < -0.4 is 0 Å². The van der Waals surface area contributed by atoms with Gasteiger partial charge >= 0.3 is 0 Å². The second-order valence-electron chi connectivity index (χ2n) is 0.896. The van der Waals surface area contributed by atoms with Crippen molar-refractivity contribution in [3.8, 4) is 0 Å². The van der Waals surface area contributed by atoms with Crippen molar-refractivity contribution in [3.05, 3.63) is 25.1 Å². The van der Waals surface area contributed by atoms with E-state index in [0.29, 0.717) is 0 Å². The van der Waals surface area contributed by atoms with Crippen LogP contribution >= 0.6 is 0 Å². The molecule has 2 heteroatoms. The lowest BCUT2D eigenvalue weighted by molar-refractivity contribution is 1.22. The maximum absolute atomic E-state index is 3.53. The van der Waals surface area contributed by atoms with E-state index in [9.17, 15) is 0 Å². The predicted molar refractivity (Wildman–Crippen MR) is 29.9 cm³/mol. The Morgan fingerprint density at radius 1 is 1.43 bits per heavy atom. The summed E-state index contributed by atoms with van der Waals surface area (Å²) >= 11 is 0. The molecule has 0 unspecified atom stereocenters. The Morgan fingerprint density at radius 2 is 2.14 bits per heavy atom. The molecule has 0 fully saturated rings. The molecule has 0 aromatic rings. The van der Waals surface area contributed by atoms with E-state index < -0.39 is 0 Å². The standard InChI is InChI=1S/C5H8N2/c1-3-5-7-6-4-2/h3-5H,2H2,1H3. The zero-order valence-electron chi connectivity index (χ0n) is 4.33. The van der Waals surface area contributed by atoms with Crippen LogP contribution in [0.25, 0.3) is 0 Å². The highest BCUT2D eigenvalue weighted by Crippen LogP contribution is 1.75. The number of nitrogens with zero attached hydrogens (tertiary/aromatic N) is 2. The second kappa shape index (κ2) is 5.08. The first-order chi connectivity index (χ1) is 3.41. The molecule has 0 saturated heterocycles. The fourth-order valence-corrected chi connectivity index (χ4v) is 0.152. The minimum atomic E-state index is 1.39. The van der Waals surface area contributed by atoms with Gasteiger partial charge in [0, 0.05) is 12.4 Å². The Kier molecular flexibility index (Phi) is 4.41. The molecule has 38 valence electrons. The molecule has 0 bridgehead atoms. The summed E-state index contributed by atoms with van der Waals surface area (Å²) in [6, 6.07) is 0. The van der Waals surface area contributed by atoms with Crippen molar-refractivity contribution in [1.82, 2.24) is 0 Å². The number of allylic oxidation sites excluding steroid dienone is 1. The first kappa shape index (κ1) is 6.08. The average molecular weight is 96.1 g/mol. The van der Waals surface area contributed by atoms with Gasteiger partial charge in [-0.3, -0.25) is 0 Å². The first-order valence-electron chi connectivity index (χ1n) is 2.04. The fourth-order valence-electron chi connectivity index (χ4n) is 0.152. The van der Waals surface area contributed by atoms with Crippen LogP contribution in [-0.4, -0.2) is 0 Å². The van der Waals surface area contributed by atoms with Crippen LogP contribution in [0.3, 0.4) is 0 Å². The minimum Gasteiger partial charge on any atom is -0.160 e. The van der Waals surface area contributed by atoms with Crippen LogP contribution in [0, 0.1) is 0 Å². The van der Waals surface area contributed by atoms with E-state index in [-0.39, 0.29) is 0 Å². The zero-order valence-corrected chi connectivity index (χ0v) is 4.33. The van der Waals surface area contributed by atoms with Gasteiger partial charge in [-0.1, -0.05) is 12.7 Å². The highest BCUT2D eigenvalue weighted by atomic mass is 15.1. The van der Waals surface area contributed by atoms with E-state index in [2.05, 4.69) is 16.8 Å². The van der Waals surface area contributed by atoms with Gasteiger partial charge in [-0.2, -0.15) is 10.2 Å². The lowest BCUT2D eigenvalue weighted by Crippen LogP contribution is -1.41. The van der Waals surface area contributed by atoms with Gasteiger partial charge in [0.2, 0.25) is 0 Å². The second-order valence-corrected chi connectivity index (χ2v) is 0.896. The van der Waals surface area contributed by atoms with Gasteiger partial charge in [0.25, 0.3) is 0 Å². The van der Waals surface area contributed by atoms with Crippen molar-refractivity contribution in [2.75, 3.05) is 0 Å². The molecule has 0 aliphatic carbocycles. The number of hydrogen-bond acceptors (Lipinski definition) is 2. The number of hydrogen-bond donors (Lipinski definition) is 0. The smallest absolute Gasteiger partial charge is 0.0452 e. The molecule has 0 aliphatic heterocycles. The molecule has 0 aromatic carbocycles. The molecular weight excluding hydrogens is 88.1 g/mol. The lowest BCUT2D eigenvalue weighted by Gasteiger charge is -1.65. The van der Waals surface area contributed by atoms with Gasteiger partial charge in [0.1, 0.15) is 0 Å². The Labute approximate surface area is 43.3 Å². The van der Waals surface area contributed by atoms with E-state index in [1.165, 1.54) is 6.20 Å². The van der Waals surface area contributed by atoms with Crippen LogP contribution in [0.2, 0.25) is 0 Å². The Morgan fingerprint density at radius 3 is 2.57 bits per heavy atom. The maximum Gasteiger partial charge on any atom is 0.0452 e. The summed E-state index contributed by atoms with van der Waals surface area (Å²) < 4.78 is 0. The predicted octanol–water partition coefficient (Wildman–Crippen LogP) is 2.12. The number of rotatable bonds is 2. The van der Waals surface area contributed by atoms with Gasteiger partial charge in [0.15, 0.2) is 0 Å². The molecule has 0 N–H and O–H groups in total. The zero-order chi connectivity index (χ0) is 5.54. The monoisotopic (exact) mass is 96.1 g/mol. The molecule has 7 heavy (non-hydrogen) atoms. The van der Waals surface area contributed by atoms with Crippen molar-refractivity contribution < 1.29 is 0 Å². The summed E-state index contributed by atoms with van der Waals surface area (Å²) in [4.78, 5) is 0. The van der Waals surface area contributed by atoms with Crippen LogP contribution in [0.15, 0.2) is 35.3 Å². The Balaban J connectivity index is 3.27. The molecule has 0 saturated carbocycles. The van der Waals surface area contributed by atoms with Gasteiger partial charge in [-0.05, 0) is 6.92 Å². The summed E-state index contributed by atoms with van der Waals surface area (Å²) in [7, 11) is 0. The normalized spacial score (nSPS) is 11.0. The molecule has 2 nitrogen and oxygen atoms in total. The molecule has 0 heterocycles. The summed E-state index contributed by atoms with van der Waals surface area (Å²) in [6.45, 7) is 5.22. The van der Waals surface area contributed by atoms with Crippen molar-refractivity contribution >= 4 is 0 Å². The first-order valence-corrected chi connectivity index (χ1v) is 2.04. The summed E-state index contributed by atoms with van der Waals surface area (Å²) in [6.07, 6.45) is 4.79. The van der Waals surface area contributed by atoms with E-state index in [4.69, 9.17) is 0 Å². The summed E-state index contributed by atoms with van der Waals surface area (Å²) in [5, 5.41) is 7.00. The minimum absolute atomic E-state index is 1.39. The highest BCUT2D eigenvalue weighted by molar-refractivity contribution is 4.73. The third-order valence-electron chi connectivity index (χ3n) is 0.364. The van der Waals surface area contributed by atoms with E-state index in [1.807, 2.05) is 6.92 Å². The molecule has 0 rings (SSSR count). The molecule has 0 aromatic heterocycles. The largest absolute Gasteiger partial charge is 0.160 e. The van der Waals surface area contributed by atoms with Crippen molar-refractivity contribution in [2.24, 2.45) is 10.2 Å². The van der Waals surface area contributed by atoms with Gasteiger partial charge in [-0.15, -0.1) is 0 Å². The summed E-state index contributed by atoms with van der Waals surface area (Å²) in [5.74, 6) is 0. The summed E-state index contributed by atoms with van der Waals surface area (Å²) in [5.41, 5.74) is 0. The third kappa shape index (κ3) is 5.08. The van der Waals surface area contributed by atoms with E-state index >= 15 is 0 Å².